The molecule has 0 aliphatic heterocycles. The number of nitrogens with two attached hydrogens (primary N) is 2. The first kappa shape index (κ1) is 10.3. The molecule has 2 rings (SSSR count). The predicted molar refractivity (Wildman–Crippen MR) is 62.7 cm³/mol. The molecule has 2 aromatic rings. The smallest absolute Gasteiger partial charge is 0.278 e. The van der Waals surface area contributed by atoms with Crippen LogP contribution in [0.15, 0.2) is 29.1 Å². The number of methoxy groups -OCH3 is 1. The van der Waals surface area contributed by atoms with Crippen LogP contribution in [0.5, 0.6) is 5.75 Å². The van der Waals surface area contributed by atoms with Gasteiger partial charge in [0.2, 0.25) is 0 Å². The lowest BCUT2D eigenvalue weighted by Crippen LogP contribution is -2.31. The lowest BCUT2D eigenvalue weighted by atomic mass is 10.1. The molecule has 6 nitrogen and oxygen atoms in total. The van der Waals surface area contributed by atoms with Crippen molar-refractivity contribution in [3.8, 4) is 5.75 Å². The molecule has 0 bridgehead atoms. The molecule has 1 aromatic carbocycles. The highest BCUT2D eigenvalue weighted by molar-refractivity contribution is 5.85. The summed E-state index contributed by atoms with van der Waals surface area (Å²) in [5.74, 6) is 11.8. The third kappa shape index (κ3) is 1.45. The zero-order valence-electron chi connectivity index (χ0n) is 8.73. The highest BCUT2D eigenvalue weighted by Crippen LogP contribution is 2.19. The van der Waals surface area contributed by atoms with Crippen LogP contribution in [0.3, 0.4) is 0 Å². The van der Waals surface area contributed by atoms with Crippen LogP contribution >= 0.6 is 0 Å². The van der Waals surface area contributed by atoms with Gasteiger partial charge in [-0.05, 0) is 29.7 Å². The second-order valence-corrected chi connectivity index (χ2v) is 3.30. The summed E-state index contributed by atoms with van der Waals surface area (Å²) in [6.07, 6.45) is 0. The summed E-state index contributed by atoms with van der Waals surface area (Å²) in [5.41, 5.74) is 2.05. The molecule has 6 heteroatoms. The minimum atomic E-state index is -0.312. The molecular formula is C10H12N4O2. The van der Waals surface area contributed by atoms with E-state index in [2.05, 4.69) is 5.43 Å². The summed E-state index contributed by atoms with van der Waals surface area (Å²) in [7, 11) is 1.56. The van der Waals surface area contributed by atoms with Crippen molar-refractivity contribution in [3.63, 3.8) is 0 Å². The third-order valence-electron chi connectivity index (χ3n) is 2.41. The van der Waals surface area contributed by atoms with E-state index in [4.69, 9.17) is 16.4 Å². The van der Waals surface area contributed by atoms with Gasteiger partial charge in [-0.15, -0.1) is 0 Å². The van der Waals surface area contributed by atoms with Crippen molar-refractivity contribution in [1.29, 1.82) is 0 Å². The van der Waals surface area contributed by atoms with Crippen molar-refractivity contribution in [1.82, 2.24) is 4.68 Å². The molecule has 0 saturated carbocycles. The third-order valence-corrected chi connectivity index (χ3v) is 2.41. The van der Waals surface area contributed by atoms with Gasteiger partial charge in [-0.25, -0.2) is 10.5 Å². The van der Waals surface area contributed by atoms with Crippen molar-refractivity contribution in [2.75, 3.05) is 18.4 Å². The fourth-order valence-electron chi connectivity index (χ4n) is 1.55. The number of rotatable bonds is 2. The SMILES string of the molecule is COc1ccc2c(=O)n(N)c(NN)cc2c1. The lowest BCUT2D eigenvalue weighted by Gasteiger charge is -2.09. The largest absolute Gasteiger partial charge is 0.497 e. The first-order valence-electron chi connectivity index (χ1n) is 4.63. The second-order valence-electron chi connectivity index (χ2n) is 3.30. The van der Waals surface area contributed by atoms with E-state index in [0.29, 0.717) is 17.0 Å². The zero-order chi connectivity index (χ0) is 11.7. The Morgan fingerprint density at radius 2 is 2.12 bits per heavy atom. The Morgan fingerprint density at radius 1 is 1.38 bits per heavy atom. The van der Waals surface area contributed by atoms with Crippen LogP contribution in [-0.4, -0.2) is 11.8 Å². The van der Waals surface area contributed by atoms with E-state index in [0.717, 1.165) is 10.1 Å². The molecule has 0 amide bonds. The van der Waals surface area contributed by atoms with Gasteiger partial charge < -0.3 is 16.0 Å². The van der Waals surface area contributed by atoms with Crippen LogP contribution in [0, 0.1) is 0 Å². The minimum Gasteiger partial charge on any atom is -0.497 e. The van der Waals surface area contributed by atoms with Crippen LogP contribution in [0.1, 0.15) is 0 Å². The number of hydrogen-bond donors (Lipinski definition) is 3. The van der Waals surface area contributed by atoms with Gasteiger partial charge >= 0.3 is 0 Å². The summed E-state index contributed by atoms with van der Waals surface area (Å²) in [5, 5.41) is 1.24. The van der Waals surface area contributed by atoms with E-state index in [1.807, 2.05) is 0 Å². The summed E-state index contributed by atoms with van der Waals surface area (Å²) in [6.45, 7) is 0. The Labute approximate surface area is 91.4 Å². The van der Waals surface area contributed by atoms with Crippen molar-refractivity contribution >= 4 is 16.6 Å². The van der Waals surface area contributed by atoms with E-state index < -0.39 is 0 Å². The van der Waals surface area contributed by atoms with Crippen LogP contribution < -0.4 is 27.4 Å². The molecule has 84 valence electrons. The van der Waals surface area contributed by atoms with Crippen LogP contribution in [0.2, 0.25) is 0 Å². The number of hydrazine groups is 1. The van der Waals surface area contributed by atoms with Crippen LogP contribution in [0.4, 0.5) is 5.82 Å². The molecule has 0 atom stereocenters. The molecule has 0 radical (unpaired) electrons. The molecule has 0 fully saturated rings. The van der Waals surface area contributed by atoms with E-state index in [9.17, 15) is 4.79 Å². The number of anilines is 1. The van der Waals surface area contributed by atoms with Gasteiger partial charge in [0, 0.05) is 5.39 Å². The van der Waals surface area contributed by atoms with Gasteiger partial charge in [0.05, 0.1) is 7.11 Å². The van der Waals surface area contributed by atoms with Crippen molar-refractivity contribution < 1.29 is 4.74 Å². The normalized spacial score (nSPS) is 10.4. The van der Waals surface area contributed by atoms with Gasteiger partial charge in [0.1, 0.15) is 11.6 Å². The Bertz CT molecular complexity index is 591. The molecular weight excluding hydrogens is 208 g/mol. The highest BCUT2D eigenvalue weighted by atomic mass is 16.5. The minimum absolute atomic E-state index is 0.312. The zero-order valence-corrected chi connectivity index (χ0v) is 8.73. The molecule has 1 aromatic heterocycles. The van der Waals surface area contributed by atoms with Crippen molar-refractivity contribution in [3.05, 3.63) is 34.6 Å². The summed E-state index contributed by atoms with van der Waals surface area (Å²) in [6, 6.07) is 6.80. The Morgan fingerprint density at radius 3 is 2.75 bits per heavy atom. The number of aromatic nitrogens is 1. The maximum atomic E-state index is 11.8. The van der Waals surface area contributed by atoms with E-state index in [1.54, 1.807) is 31.4 Å². The average molecular weight is 220 g/mol. The molecule has 0 saturated heterocycles. The summed E-state index contributed by atoms with van der Waals surface area (Å²) in [4.78, 5) is 11.8. The maximum absolute atomic E-state index is 11.8. The highest BCUT2D eigenvalue weighted by Gasteiger charge is 2.06. The van der Waals surface area contributed by atoms with Gasteiger partial charge in [-0.3, -0.25) is 4.79 Å². The number of ether oxygens (including phenoxy) is 1. The van der Waals surface area contributed by atoms with Crippen LogP contribution in [-0.2, 0) is 0 Å². The van der Waals surface area contributed by atoms with Gasteiger partial charge in [0.15, 0.2) is 0 Å². The first-order chi connectivity index (χ1) is 7.67. The summed E-state index contributed by atoms with van der Waals surface area (Å²) < 4.78 is 6.04. The van der Waals surface area contributed by atoms with Crippen LogP contribution in [0.25, 0.3) is 10.8 Å². The van der Waals surface area contributed by atoms with Crippen molar-refractivity contribution in [2.45, 2.75) is 0 Å². The Balaban J connectivity index is 2.82. The van der Waals surface area contributed by atoms with Gasteiger partial charge in [-0.2, -0.15) is 0 Å². The fraction of sp³-hybridized carbons (Fsp3) is 0.100. The quantitative estimate of drug-likeness (QED) is 0.489. The average Bonchev–Trinajstić information content (AvgIpc) is 2.33. The predicted octanol–water partition coefficient (Wildman–Crippen LogP) is 0.00950. The van der Waals surface area contributed by atoms with Gasteiger partial charge in [0.25, 0.3) is 5.56 Å². The molecule has 16 heavy (non-hydrogen) atoms. The second kappa shape index (κ2) is 3.74. The Hall–Kier alpha value is -2.21. The van der Waals surface area contributed by atoms with E-state index in [1.165, 1.54) is 0 Å². The van der Waals surface area contributed by atoms with E-state index >= 15 is 0 Å². The molecule has 1 heterocycles. The number of fused-ring (bicyclic) bond motifs is 1. The standard InChI is InChI=1S/C10H12N4O2/c1-16-7-2-3-8-6(4-7)5-9(13-11)14(12)10(8)15/h2-5,13H,11-12H2,1H3. The Kier molecular flexibility index (Phi) is 2.41. The van der Waals surface area contributed by atoms with Gasteiger partial charge in [-0.1, -0.05) is 0 Å². The number of pyridine rings is 1. The molecule has 0 aliphatic carbocycles. The lowest BCUT2D eigenvalue weighted by molar-refractivity contribution is 0.415. The summed E-state index contributed by atoms with van der Waals surface area (Å²) >= 11 is 0. The molecule has 0 unspecified atom stereocenters. The molecule has 5 N–H and O–H groups in total. The first-order valence-corrected chi connectivity index (χ1v) is 4.63. The fourth-order valence-corrected chi connectivity index (χ4v) is 1.55. The maximum Gasteiger partial charge on any atom is 0.278 e. The monoisotopic (exact) mass is 220 g/mol. The number of nitrogens with zero attached hydrogens (tertiary/aromatic N) is 1. The molecule has 0 spiro atoms. The topological polar surface area (TPSA) is 95.3 Å². The number of nitrogens with one attached hydrogen (secondary N) is 1. The van der Waals surface area contributed by atoms with E-state index in [-0.39, 0.29) is 5.56 Å². The van der Waals surface area contributed by atoms with Crippen molar-refractivity contribution in [2.24, 2.45) is 5.84 Å². The number of benzene rings is 1. The molecule has 0 aliphatic rings. The number of nitrogen functional groups attached to an aromatic ring is 2. The number of hydrogen-bond acceptors (Lipinski definition) is 5.